The largest absolute Gasteiger partial charge is 0.487 e. The van der Waals surface area contributed by atoms with Gasteiger partial charge in [0.1, 0.15) is 16.9 Å². The molecule has 1 fully saturated rings. The number of carbonyl (C=O) groups excluding carboxylic acids is 1. The zero-order valence-electron chi connectivity index (χ0n) is 19.0. The van der Waals surface area contributed by atoms with Crippen LogP contribution in [0.5, 0.6) is 5.75 Å². The molecule has 34 heavy (non-hydrogen) atoms. The number of carbonyl (C=O) groups is 1. The van der Waals surface area contributed by atoms with Gasteiger partial charge in [-0.2, -0.15) is 0 Å². The molecule has 0 saturated heterocycles. The van der Waals surface area contributed by atoms with E-state index in [1.807, 2.05) is 6.07 Å². The first kappa shape index (κ1) is 21.5. The van der Waals surface area contributed by atoms with Gasteiger partial charge in [0.25, 0.3) is 5.55 Å². The minimum atomic E-state index is -0.697. The van der Waals surface area contributed by atoms with E-state index < -0.39 is 6.09 Å². The first-order valence-corrected chi connectivity index (χ1v) is 12.5. The fraction of sp³-hybridized carbons (Fsp3) is 0.407. The SMILES string of the molecule is O=C(Nc1cccc(Cl)c1)O/N=c1/oc2cc3c(cc2c2c1CCC2)CCC1(CCCCC1)O3. The van der Waals surface area contributed by atoms with Crippen molar-refractivity contribution in [1.29, 1.82) is 0 Å². The highest BCUT2D eigenvalue weighted by Crippen LogP contribution is 2.43. The molecule has 0 radical (unpaired) electrons. The molecule has 1 spiro atoms. The summed E-state index contributed by atoms with van der Waals surface area (Å²) in [6, 6.07) is 11.1. The molecule has 0 bridgehead atoms. The Balaban J connectivity index is 1.32. The summed E-state index contributed by atoms with van der Waals surface area (Å²) < 4.78 is 12.8. The van der Waals surface area contributed by atoms with Crippen LogP contribution in [0.15, 0.2) is 46.0 Å². The number of fused-ring (bicyclic) bond motifs is 4. The topological polar surface area (TPSA) is 73.1 Å². The number of ether oxygens (including phenoxy) is 1. The van der Waals surface area contributed by atoms with Crippen molar-refractivity contribution in [3.63, 3.8) is 0 Å². The summed E-state index contributed by atoms with van der Waals surface area (Å²) in [4.78, 5) is 17.4. The Bertz CT molecular complexity index is 1340. The predicted molar refractivity (Wildman–Crippen MR) is 130 cm³/mol. The molecule has 1 aliphatic heterocycles. The Labute approximate surface area is 202 Å². The van der Waals surface area contributed by atoms with Gasteiger partial charge < -0.3 is 9.15 Å². The number of rotatable bonds is 2. The molecule has 0 atom stereocenters. The van der Waals surface area contributed by atoms with Crippen LogP contribution in [0.3, 0.4) is 0 Å². The van der Waals surface area contributed by atoms with Crippen LogP contribution in [0, 0.1) is 0 Å². The molecule has 0 unspecified atom stereocenters. The summed E-state index contributed by atoms with van der Waals surface area (Å²) >= 11 is 5.98. The lowest BCUT2D eigenvalue weighted by Gasteiger charge is -2.41. The van der Waals surface area contributed by atoms with Gasteiger partial charge in [-0.3, -0.25) is 10.2 Å². The number of halogens is 1. The number of nitrogens with one attached hydrogen (secondary N) is 1. The molecule has 2 heterocycles. The average Bonchev–Trinajstić information content (AvgIpc) is 3.32. The van der Waals surface area contributed by atoms with Crippen LogP contribution in [0.25, 0.3) is 11.0 Å². The van der Waals surface area contributed by atoms with Gasteiger partial charge in [-0.1, -0.05) is 24.1 Å². The smallest absolute Gasteiger partial charge is 0.437 e. The third-order valence-corrected chi connectivity index (χ3v) is 7.63. The van der Waals surface area contributed by atoms with Crippen molar-refractivity contribution >= 4 is 34.4 Å². The molecule has 1 amide bonds. The number of benzene rings is 2. The van der Waals surface area contributed by atoms with Crippen molar-refractivity contribution in [3.8, 4) is 5.75 Å². The Morgan fingerprint density at radius 2 is 1.85 bits per heavy atom. The molecular formula is C27H27ClN2O4. The molecule has 2 aromatic carbocycles. The first-order chi connectivity index (χ1) is 16.6. The summed E-state index contributed by atoms with van der Waals surface area (Å²) in [5.74, 6) is 0.924. The molecule has 176 valence electrons. The Hall–Kier alpha value is -2.99. The minimum Gasteiger partial charge on any atom is -0.487 e. The van der Waals surface area contributed by atoms with E-state index >= 15 is 0 Å². The van der Waals surface area contributed by atoms with Gasteiger partial charge in [-0.25, -0.2) is 4.79 Å². The molecule has 1 saturated carbocycles. The lowest BCUT2D eigenvalue weighted by molar-refractivity contribution is 0.0109. The molecule has 1 N–H and O–H groups in total. The van der Waals surface area contributed by atoms with Crippen molar-refractivity contribution in [3.05, 3.63) is 63.7 Å². The van der Waals surface area contributed by atoms with Crippen LogP contribution in [-0.2, 0) is 24.1 Å². The lowest BCUT2D eigenvalue weighted by atomic mass is 9.79. The van der Waals surface area contributed by atoms with E-state index in [9.17, 15) is 4.79 Å². The fourth-order valence-corrected chi connectivity index (χ4v) is 5.91. The number of hydrogen-bond acceptors (Lipinski definition) is 5. The third-order valence-electron chi connectivity index (χ3n) is 7.39. The summed E-state index contributed by atoms with van der Waals surface area (Å²) in [5.41, 5.74) is 5.10. The van der Waals surface area contributed by atoms with Crippen LogP contribution >= 0.6 is 11.6 Å². The second-order valence-corrected chi connectivity index (χ2v) is 10.1. The highest BCUT2D eigenvalue weighted by atomic mass is 35.5. The minimum absolute atomic E-state index is 0.0234. The number of hydrogen-bond donors (Lipinski definition) is 1. The Morgan fingerprint density at radius 1 is 1.00 bits per heavy atom. The molecule has 2 aliphatic carbocycles. The highest BCUT2D eigenvalue weighted by Gasteiger charge is 2.37. The van der Waals surface area contributed by atoms with Gasteiger partial charge in [-0.15, -0.1) is 0 Å². The van der Waals surface area contributed by atoms with Crippen molar-refractivity contribution in [2.24, 2.45) is 5.16 Å². The molecule has 3 aromatic rings. The monoisotopic (exact) mass is 478 g/mol. The second kappa shape index (κ2) is 8.66. The van der Waals surface area contributed by atoms with Crippen LogP contribution in [0.1, 0.15) is 61.6 Å². The van der Waals surface area contributed by atoms with Crippen LogP contribution in [0.2, 0.25) is 5.02 Å². The van der Waals surface area contributed by atoms with Crippen LogP contribution in [-0.4, -0.2) is 11.7 Å². The van der Waals surface area contributed by atoms with E-state index in [1.54, 1.807) is 24.3 Å². The van der Waals surface area contributed by atoms with E-state index in [1.165, 1.54) is 30.4 Å². The number of anilines is 1. The van der Waals surface area contributed by atoms with Crippen molar-refractivity contribution in [1.82, 2.24) is 0 Å². The third kappa shape index (κ3) is 4.05. The van der Waals surface area contributed by atoms with Crippen molar-refractivity contribution in [2.45, 2.75) is 69.8 Å². The van der Waals surface area contributed by atoms with Gasteiger partial charge >= 0.3 is 6.09 Å². The predicted octanol–water partition coefficient (Wildman–Crippen LogP) is 6.67. The maximum atomic E-state index is 12.3. The second-order valence-electron chi connectivity index (χ2n) is 9.63. The zero-order valence-corrected chi connectivity index (χ0v) is 19.7. The normalized spacial score (nSPS) is 18.9. The lowest BCUT2D eigenvalue weighted by Crippen LogP contribution is -2.41. The van der Waals surface area contributed by atoms with E-state index in [4.69, 9.17) is 25.6 Å². The Morgan fingerprint density at radius 3 is 2.71 bits per heavy atom. The van der Waals surface area contributed by atoms with Crippen molar-refractivity contribution in [2.75, 3.05) is 5.32 Å². The molecule has 3 aliphatic rings. The van der Waals surface area contributed by atoms with Crippen LogP contribution < -0.4 is 15.6 Å². The molecule has 6 nitrogen and oxygen atoms in total. The summed E-state index contributed by atoms with van der Waals surface area (Å²) in [6.45, 7) is 0. The van der Waals surface area contributed by atoms with Gasteiger partial charge in [0.05, 0.1) is 0 Å². The molecule has 6 rings (SSSR count). The zero-order chi connectivity index (χ0) is 23.1. The van der Waals surface area contributed by atoms with Gasteiger partial charge in [-0.05, 0) is 98.3 Å². The molecule has 1 aromatic heterocycles. The first-order valence-electron chi connectivity index (χ1n) is 12.2. The van der Waals surface area contributed by atoms with E-state index in [0.29, 0.717) is 16.3 Å². The summed E-state index contributed by atoms with van der Waals surface area (Å²) in [7, 11) is 0. The van der Waals surface area contributed by atoms with Crippen LogP contribution in [0.4, 0.5) is 10.5 Å². The van der Waals surface area contributed by atoms with E-state index in [2.05, 4.69) is 16.5 Å². The Kier molecular flexibility index (Phi) is 5.48. The summed E-state index contributed by atoms with van der Waals surface area (Å²) in [6.07, 6.45) is 10.3. The fourth-order valence-electron chi connectivity index (χ4n) is 5.72. The molecular weight excluding hydrogens is 452 g/mol. The van der Waals surface area contributed by atoms with E-state index in [0.717, 1.165) is 67.2 Å². The van der Waals surface area contributed by atoms with Gasteiger partial charge in [0.2, 0.25) is 0 Å². The van der Waals surface area contributed by atoms with Gasteiger partial charge in [0, 0.05) is 27.7 Å². The maximum absolute atomic E-state index is 12.3. The van der Waals surface area contributed by atoms with E-state index in [-0.39, 0.29) is 5.60 Å². The molecule has 7 heteroatoms. The quantitative estimate of drug-likeness (QED) is 0.330. The average molecular weight is 479 g/mol. The van der Waals surface area contributed by atoms with Crippen molar-refractivity contribution < 1.29 is 18.8 Å². The number of aryl methyl sites for hydroxylation is 2. The standard InChI is InChI=1S/C27H27ClN2O4/c28-18-6-4-7-19(15-18)29-26(31)34-30-25-21-9-5-8-20(21)22-14-17-10-13-27(11-2-1-3-12-27)33-23(17)16-24(22)32-25/h4,6-7,14-16H,1-3,5,8-13H2,(H,29,31)/b30-25+. The highest BCUT2D eigenvalue weighted by molar-refractivity contribution is 6.30. The summed E-state index contributed by atoms with van der Waals surface area (Å²) in [5, 5.41) is 8.37. The number of amides is 1. The van der Waals surface area contributed by atoms with Gasteiger partial charge in [0.15, 0.2) is 0 Å². The number of nitrogens with zero attached hydrogens (tertiary/aromatic N) is 1. The maximum Gasteiger partial charge on any atom is 0.437 e.